The van der Waals surface area contributed by atoms with E-state index in [1.54, 1.807) is 19.9 Å². The summed E-state index contributed by atoms with van der Waals surface area (Å²) < 4.78 is 0. The van der Waals surface area contributed by atoms with Gasteiger partial charge in [-0.25, -0.2) is 0 Å². The normalized spacial score (nSPS) is 24.6. The second-order valence-corrected chi connectivity index (χ2v) is 16.5. The summed E-state index contributed by atoms with van der Waals surface area (Å²) in [6, 6.07) is -2.08. The SMILES string of the molecule is C[C@@]1(CC(=O)O)C2=CC3NC(=Cc4[n-]c(c(CC(=O)O)c4CCC(=O)O)C=C4NC(C=C([N-]2)[C@H]1CCC(=O)O)[C@@](C)(CC(=O)O)[C@@H]4CCC(=O)O)C(CCC(=O)O)=C3CC(=O)O.[FeH2]. The Labute approximate surface area is 370 Å². The second kappa shape index (κ2) is 19.8. The molecule has 2 fully saturated rings. The monoisotopic (exact) mass is 922 g/mol. The molecule has 5 rings (SSSR count). The van der Waals surface area contributed by atoms with Crippen LogP contribution in [0, 0.1) is 22.7 Å². The van der Waals surface area contributed by atoms with Crippen LogP contribution in [0.15, 0.2) is 46.1 Å². The molecule has 0 spiro atoms. The molecule has 6 atom stereocenters. The molecule has 8 bridgehead atoms. The zero-order chi connectivity index (χ0) is 45.8. The Kier molecular flexibility index (Phi) is 15.5. The molecule has 2 unspecified atom stereocenters. The molecule has 0 amide bonds. The number of nitrogens with zero attached hydrogens (tertiary/aromatic N) is 2. The summed E-state index contributed by atoms with van der Waals surface area (Å²) in [5, 5.41) is 91.2. The Hall–Kier alpha value is -6.34. The first-order valence-corrected chi connectivity index (χ1v) is 19.8. The number of hydrogen-bond donors (Lipinski definition) is 10. The van der Waals surface area contributed by atoms with Gasteiger partial charge in [-0.15, -0.1) is 11.4 Å². The summed E-state index contributed by atoms with van der Waals surface area (Å²) in [6.07, 6.45) is 1.02. The summed E-state index contributed by atoms with van der Waals surface area (Å²) >= 11 is 0. The van der Waals surface area contributed by atoms with Crippen molar-refractivity contribution in [2.24, 2.45) is 22.7 Å². The fraction of sp³-hybridized carbons (Fsp3) is 0.476. The van der Waals surface area contributed by atoms with Gasteiger partial charge in [0.15, 0.2) is 0 Å². The van der Waals surface area contributed by atoms with E-state index in [0.29, 0.717) is 0 Å². The molecule has 344 valence electrons. The van der Waals surface area contributed by atoms with Crippen LogP contribution in [0.4, 0.5) is 0 Å². The molecule has 0 aliphatic carbocycles. The minimum absolute atomic E-state index is 0. The molecule has 10 N–H and O–H groups in total. The van der Waals surface area contributed by atoms with E-state index in [1.807, 2.05) is 0 Å². The Bertz CT molecular complexity index is 2250. The topological polar surface area (TPSA) is 351 Å². The number of carboxylic acid groups (broad SMARTS) is 8. The van der Waals surface area contributed by atoms with Gasteiger partial charge in [0, 0.05) is 54.5 Å². The van der Waals surface area contributed by atoms with E-state index in [9.17, 15) is 79.2 Å². The quantitative estimate of drug-likeness (QED) is 0.0840. The number of nitrogens with one attached hydrogen (secondary N) is 2. The van der Waals surface area contributed by atoms with Crippen molar-refractivity contribution >= 4 is 59.9 Å². The van der Waals surface area contributed by atoms with Gasteiger partial charge in [-0.2, -0.15) is 11.4 Å². The Morgan fingerprint density at radius 2 is 1.17 bits per heavy atom. The number of allylic oxidation sites excluding steroid dienone is 4. The molecule has 63 heavy (non-hydrogen) atoms. The molecule has 4 aliphatic heterocycles. The molecule has 0 aromatic carbocycles. The number of aromatic nitrogens is 1. The molecular weight excluding hydrogens is 872 g/mol. The van der Waals surface area contributed by atoms with Crippen LogP contribution in [-0.4, -0.2) is 101 Å². The van der Waals surface area contributed by atoms with Gasteiger partial charge in [0.25, 0.3) is 0 Å². The van der Waals surface area contributed by atoms with Crippen molar-refractivity contribution in [3.05, 3.63) is 73.9 Å². The Morgan fingerprint density at radius 1 is 0.619 bits per heavy atom. The molecule has 21 heteroatoms. The summed E-state index contributed by atoms with van der Waals surface area (Å²) in [7, 11) is 0. The van der Waals surface area contributed by atoms with Crippen LogP contribution < -0.4 is 15.6 Å². The zero-order valence-electron chi connectivity index (χ0n) is 34.3. The average molecular weight is 923 g/mol. The van der Waals surface area contributed by atoms with Gasteiger partial charge in [-0.1, -0.05) is 43.7 Å². The Morgan fingerprint density at radius 3 is 1.73 bits per heavy atom. The summed E-state index contributed by atoms with van der Waals surface area (Å²) in [6.45, 7) is 3.18. The summed E-state index contributed by atoms with van der Waals surface area (Å²) in [5.41, 5.74) is -1.31. The van der Waals surface area contributed by atoms with E-state index in [4.69, 9.17) is 10.3 Å². The number of aliphatic carboxylic acids is 8. The number of carboxylic acids is 8. The molecular formula is C42H50FeN4O16-2. The van der Waals surface area contributed by atoms with Gasteiger partial charge in [-0.3, -0.25) is 38.4 Å². The van der Waals surface area contributed by atoms with Gasteiger partial charge < -0.3 is 61.8 Å². The van der Waals surface area contributed by atoms with Gasteiger partial charge in [0.2, 0.25) is 0 Å². The van der Waals surface area contributed by atoms with Crippen molar-refractivity contribution in [1.29, 1.82) is 0 Å². The molecule has 0 saturated carbocycles. The van der Waals surface area contributed by atoms with E-state index in [2.05, 4.69) is 10.6 Å². The van der Waals surface area contributed by atoms with E-state index in [0.717, 1.165) is 0 Å². The molecule has 2 saturated heterocycles. The van der Waals surface area contributed by atoms with E-state index >= 15 is 0 Å². The second-order valence-electron chi connectivity index (χ2n) is 16.5. The van der Waals surface area contributed by atoms with Gasteiger partial charge >= 0.3 is 64.8 Å². The van der Waals surface area contributed by atoms with Crippen molar-refractivity contribution in [3.63, 3.8) is 0 Å². The average Bonchev–Trinajstić information content (AvgIpc) is 3.77. The van der Waals surface area contributed by atoms with Crippen LogP contribution in [0.2, 0.25) is 0 Å². The van der Waals surface area contributed by atoms with E-state index < -0.39 is 134 Å². The molecule has 1 aromatic rings. The van der Waals surface area contributed by atoms with Crippen LogP contribution in [0.25, 0.3) is 17.5 Å². The zero-order valence-corrected chi connectivity index (χ0v) is 35.5. The van der Waals surface area contributed by atoms with E-state index in [-0.39, 0.29) is 99.2 Å². The third-order valence-electron chi connectivity index (χ3n) is 12.2. The van der Waals surface area contributed by atoms with Gasteiger partial charge in [0.1, 0.15) is 0 Å². The van der Waals surface area contributed by atoms with Crippen LogP contribution in [0.3, 0.4) is 0 Å². The third-order valence-corrected chi connectivity index (χ3v) is 12.2. The van der Waals surface area contributed by atoms with Crippen molar-refractivity contribution in [1.82, 2.24) is 15.6 Å². The predicted molar refractivity (Wildman–Crippen MR) is 217 cm³/mol. The van der Waals surface area contributed by atoms with Crippen molar-refractivity contribution in [3.8, 4) is 0 Å². The van der Waals surface area contributed by atoms with Crippen molar-refractivity contribution in [2.75, 3.05) is 0 Å². The van der Waals surface area contributed by atoms with Gasteiger partial charge in [0.05, 0.1) is 31.7 Å². The summed E-state index contributed by atoms with van der Waals surface area (Å²) in [5.74, 6) is -11.8. The predicted octanol–water partition coefficient (Wildman–Crippen LogP) is 3.10. The molecule has 1 aromatic heterocycles. The molecule has 5 heterocycles. The first-order valence-electron chi connectivity index (χ1n) is 19.8. The van der Waals surface area contributed by atoms with Crippen LogP contribution >= 0.6 is 0 Å². The number of hydrogen-bond acceptors (Lipinski definition) is 10. The fourth-order valence-electron chi connectivity index (χ4n) is 9.36. The number of rotatable bonds is 20. The third kappa shape index (κ3) is 11.2. The van der Waals surface area contributed by atoms with E-state index in [1.165, 1.54) is 18.2 Å². The standard InChI is InChI=1S/C42H48N4O16.Fe.2H/c1-41(17-39(59)60)23(5-9-35(51)52)29-14-27-21(11-37(55)56)19(3-7-33(47)48)25(43-27)13-26-20(4-8-34(49)50)22(12-38(57)58)28(44-26)15-31-42(2,18-40(61)62)24(6-10-36(53)54)30(46-31)16-32(41)45-29;;;/h13-16,23-24,28,32,44-45H,3-12,17-18H2,1-2H3,(H,47,48)(H,49,50)(H,51,52)(H,53,54)(H,55,56)(H,57,58)(H,59,60)(H,61,62);;;/q-2;;;/t23-,24-,28?,32?,41+,42+;;;/m1.../s1. The van der Waals surface area contributed by atoms with Crippen molar-refractivity contribution in [2.45, 2.75) is 103 Å². The summed E-state index contributed by atoms with van der Waals surface area (Å²) in [4.78, 5) is 103. The molecule has 4 aliphatic rings. The number of carbonyl (C=O) groups is 8. The van der Waals surface area contributed by atoms with Gasteiger partial charge in [-0.05, 0) is 53.7 Å². The maximum atomic E-state index is 12.6. The number of fused-ring (bicyclic) bond motifs is 8. The molecule has 0 radical (unpaired) electrons. The first kappa shape index (κ1) is 49.3. The maximum absolute atomic E-state index is 12.6. The fourth-order valence-corrected chi connectivity index (χ4v) is 9.36. The minimum atomic E-state index is -1.45. The van der Waals surface area contributed by atoms with Crippen molar-refractivity contribution < 1.29 is 96.3 Å². The van der Waals surface area contributed by atoms with Crippen LogP contribution in [-0.2, 0) is 68.3 Å². The molecule has 20 nitrogen and oxygen atoms in total. The first-order chi connectivity index (χ1) is 29.0. The Balaban J connectivity index is 0.00000871. The van der Waals surface area contributed by atoms with Crippen LogP contribution in [0.1, 0.15) is 101 Å². The van der Waals surface area contributed by atoms with Crippen LogP contribution in [0.5, 0.6) is 0 Å².